The van der Waals surface area contributed by atoms with Crippen LogP contribution in [0, 0.1) is 5.82 Å². The number of carbonyl (C=O) groups excluding carboxylic acids is 1. The summed E-state index contributed by atoms with van der Waals surface area (Å²) in [5.41, 5.74) is 3.35. The van der Waals surface area contributed by atoms with Crippen LogP contribution < -0.4 is 20.1 Å². The van der Waals surface area contributed by atoms with Crippen LogP contribution in [0.1, 0.15) is 23.6 Å². The van der Waals surface area contributed by atoms with Crippen LogP contribution in [0.25, 0.3) is 0 Å². The Kier molecular flexibility index (Phi) is 5.88. The number of halogens is 1. The summed E-state index contributed by atoms with van der Waals surface area (Å²) in [5, 5.41) is 6.60. The minimum absolute atomic E-state index is 0.122. The smallest absolute Gasteiger partial charge is 0.321 e. The first-order valence-electron chi connectivity index (χ1n) is 11.1. The molecule has 0 bridgehead atoms. The van der Waals surface area contributed by atoms with Crippen molar-refractivity contribution in [3.8, 4) is 17.2 Å². The third-order valence-corrected chi connectivity index (χ3v) is 6.17. The molecule has 5 rings (SSSR count). The van der Waals surface area contributed by atoms with Crippen molar-refractivity contribution in [3.05, 3.63) is 83.7 Å². The molecular formula is C26H26FN3O3. The number of carbonyl (C=O) groups is 1. The summed E-state index contributed by atoms with van der Waals surface area (Å²) in [6, 6.07) is 19.8. The molecule has 1 heterocycles. The average molecular weight is 448 g/mol. The zero-order chi connectivity index (χ0) is 22.8. The van der Waals surface area contributed by atoms with E-state index in [0.29, 0.717) is 36.3 Å². The van der Waals surface area contributed by atoms with E-state index in [2.05, 4.69) is 22.8 Å². The van der Waals surface area contributed by atoms with E-state index in [9.17, 15) is 9.18 Å². The number of methoxy groups -OCH3 is 1. The van der Waals surface area contributed by atoms with Crippen molar-refractivity contribution in [3.63, 3.8) is 0 Å². The fraction of sp³-hybridized carbons (Fsp3) is 0.269. The number of fused-ring (bicyclic) bond motifs is 1. The molecule has 0 radical (unpaired) electrons. The van der Waals surface area contributed by atoms with Gasteiger partial charge < -0.3 is 25.0 Å². The highest BCUT2D eigenvalue weighted by atomic mass is 19.1. The summed E-state index contributed by atoms with van der Waals surface area (Å²) in [6.45, 7) is 1.35. The average Bonchev–Trinajstić information content (AvgIpc) is 3.19. The van der Waals surface area contributed by atoms with Crippen molar-refractivity contribution in [1.29, 1.82) is 0 Å². The highest BCUT2D eigenvalue weighted by molar-refractivity contribution is 5.90. The number of ether oxygens (including phenoxy) is 2. The largest absolute Gasteiger partial charge is 0.497 e. The molecule has 0 saturated carbocycles. The number of anilines is 1. The van der Waals surface area contributed by atoms with E-state index in [1.807, 2.05) is 6.07 Å². The number of likely N-dealkylation sites (tertiary alicyclic amines) is 1. The third-order valence-electron chi connectivity index (χ3n) is 6.17. The SMILES string of the molecule is COc1ccc2c(c1)CCC2NC1CN(C(=O)Nc2ccc(Oc3cccc(F)c3)cc2)C1. The lowest BCUT2D eigenvalue weighted by atomic mass is 10.0. The summed E-state index contributed by atoms with van der Waals surface area (Å²) in [6.07, 6.45) is 2.11. The van der Waals surface area contributed by atoms with Crippen LogP contribution in [0.5, 0.6) is 17.2 Å². The van der Waals surface area contributed by atoms with Crippen LogP contribution in [0.2, 0.25) is 0 Å². The molecule has 33 heavy (non-hydrogen) atoms. The zero-order valence-corrected chi connectivity index (χ0v) is 18.4. The highest BCUT2D eigenvalue weighted by Crippen LogP contribution is 2.34. The highest BCUT2D eigenvalue weighted by Gasteiger charge is 2.34. The van der Waals surface area contributed by atoms with E-state index < -0.39 is 0 Å². The Labute approximate surface area is 192 Å². The van der Waals surface area contributed by atoms with Gasteiger partial charge in [-0.25, -0.2) is 9.18 Å². The number of hydrogen-bond acceptors (Lipinski definition) is 4. The Morgan fingerprint density at radius 3 is 2.55 bits per heavy atom. The summed E-state index contributed by atoms with van der Waals surface area (Å²) >= 11 is 0. The molecule has 3 aromatic carbocycles. The maximum atomic E-state index is 13.3. The second kappa shape index (κ2) is 9.11. The first-order valence-corrected chi connectivity index (χ1v) is 11.1. The van der Waals surface area contributed by atoms with Gasteiger partial charge in [0.2, 0.25) is 0 Å². The van der Waals surface area contributed by atoms with Crippen molar-refractivity contribution in [2.24, 2.45) is 0 Å². The minimum Gasteiger partial charge on any atom is -0.497 e. The van der Waals surface area contributed by atoms with Gasteiger partial charge in [0.25, 0.3) is 0 Å². The summed E-state index contributed by atoms with van der Waals surface area (Å²) in [7, 11) is 1.69. The van der Waals surface area contributed by atoms with E-state index in [-0.39, 0.29) is 17.9 Å². The van der Waals surface area contributed by atoms with Gasteiger partial charge in [0.1, 0.15) is 23.1 Å². The molecule has 2 N–H and O–H groups in total. The van der Waals surface area contributed by atoms with Crippen LogP contribution >= 0.6 is 0 Å². The van der Waals surface area contributed by atoms with Crippen LogP contribution in [0.3, 0.4) is 0 Å². The second-order valence-electron chi connectivity index (χ2n) is 8.44. The molecule has 1 saturated heterocycles. The molecule has 2 aliphatic rings. The lowest BCUT2D eigenvalue weighted by Crippen LogP contribution is -2.61. The Hall–Kier alpha value is -3.58. The van der Waals surface area contributed by atoms with Gasteiger partial charge in [-0.05, 0) is 72.5 Å². The van der Waals surface area contributed by atoms with E-state index in [1.165, 1.54) is 23.3 Å². The second-order valence-corrected chi connectivity index (χ2v) is 8.44. The quantitative estimate of drug-likeness (QED) is 0.551. The first kappa shape index (κ1) is 21.3. The van der Waals surface area contributed by atoms with Gasteiger partial charge >= 0.3 is 6.03 Å². The number of nitrogens with zero attached hydrogens (tertiary/aromatic N) is 1. The molecule has 0 aromatic heterocycles. The first-order chi connectivity index (χ1) is 16.1. The maximum Gasteiger partial charge on any atom is 0.321 e. The number of rotatable bonds is 6. The lowest BCUT2D eigenvalue weighted by Gasteiger charge is -2.41. The van der Waals surface area contributed by atoms with Crippen LogP contribution in [0.4, 0.5) is 14.9 Å². The van der Waals surface area contributed by atoms with Crippen molar-refractivity contribution < 1.29 is 18.7 Å². The van der Waals surface area contributed by atoms with Crippen molar-refractivity contribution in [2.75, 3.05) is 25.5 Å². The number of urea groups is 1. The van der Waals surface area contributed by atoms with Crippen LogP contribution in [-0.4, -0.2) is 37.2 Å². The summed E-state index contributed by atoms with van der Waals surface area (Å²) in [4.78, 5) is 14.4. The Balaban J connectivity index is 1.09. The molecule has 1 fully saturated rings. The fourth-order valence-electron chi connectivity index (χ4n) is 4.40. The molecule has 1 aliphatic heterocycles. The van der Waals surface area contributed by atoms with Crippen molar-refractivity contribution in [2.45, 2.75) is 24.9 Å². The third kappa shape index (κ3) is 4.78. The van der Waals surface area contributed by atoms with E-state index >= 15 is 0 Å². The molecule has 6 nitrogen and oxygen atoms in total. The van der Waals surface area contributed by atoms with Crippen LogP contribution in [-0.2, 0) is 6.42 Å². The minimum atomic E-state index is -0.351. The van der Waals surface area contributed by atoms with Crippen LogP contribution in [0.15, 0.2) is 66.7 Å². The Morgan fingerprint density at radius 1 is 1.00 bits per heavy atom. The molecular weight excluding hydrogens is 421 g/mol. The Bertz CT molecular complexity index is 1150. The molecule has 3 aromatic rings. The molecule has 1 unspecified atom stereocenters. The van der Waals surface area contributed by atoms with Crippen molar-refractivity contribution in [1.82, 2.24) is 10.2 Å². The predicted molar refractivity (Wildman–Crippen MR) is 124 cm³/mol. The summed E-state index contributed by atoms with van der Waals surface area (Å²) < 4.78 is 24.2. The Morgan fingerprint density at radius 2 is 1.79 bits per heavy atom. The zero-order valence-electron chi connectivity index (χ0n) is 18.4. The normalized spacial score (nSPS) is 17.3. The van der Waals surface area contributed by atoms with Gasteiger partial charge in [-0.2, -0.15) is 0 Å². The number of nitrogens with one attached hydrogen (secondary N) is 2. The van der Waals surface area contributed by atoms with E-state index in [0.717, 1.165) is 18.6 Å². The number of benzene rings is 3. The monoisotopic (exact) mass is 447 g/mol. The van der Waals surface area contributed by atoms with Gasteiger partial charge in [0, 0.05) is 36.9 Å². The molecule has 1 aliphatic carbocycles. The topological polar surface area (TPSA) is 62.8 Å². The lowest BCUT2D eigenvalue weighted by molar-refractivity contribution is 0.142. The standard InChI is InChI=1S/C26H26FN3O3/c1-32-22-10-11-24-17(13-22)5-12-25(24)28-20-15-30(16-20)26(31)29-19-6-8-21(9-7-19)33-23-4-2-3-18(27)14-23/h2-4,6-11,13-14,20,25,28H,5,12,15-16H2,1H3,(H,29,31). The number of aryl methyl sites for hydroxylation is 1. The molecule has 0 spiro atoms. The molecule has 1 atom stereocenters. The molecule has 2 amide bonds. The van der Waals surface area contributed by atoms with Gasteiger partial charge in [-0.15, -0.1) is 0 Å². The van der Waals surface area contributed by atoms with Gasteiger partial charge in [0.15, 0.2) is 0 Å². The fourth-order valence-corrected chi connectivity index (χ4v) is 4.40. The maximum absolute atomic E-state index is 13.3. The van der Waals surface area contributed by atoms with E-state index in [1.54, 1.807) is 48.4 Å². The molecule has 7 heteroatoms. The number of hydrogen-bond donors (Lipinski definition) is 2. The van der Waals surface area contributed by atoms with Gasteiger partial charge in [-0.3, -0.25) is 0 Å². The van der Waals surface area contributed by atoms with Gasteiger partial charge in [-0.1, -0.05) is 12.1 Å². The van der Waals surface area contributed by atoms with Gasteiger partial charge in [0.05, 0.1) is 7.11 Å². The number of amides is 2. The van der Waals surface area contributed by atoms with Crippen molar-refractivity contribution >= 4 is 11.7 Å². The van der Waals surface area contributed by atoms with E-state index in [4.69, 9.17) is 9.47 Å². The predicted octanol–water partition coefficient (Wildman–Crippen LogP) is 5.12. The summed E-state index contributed by atoms with van der Waals surface area (Å²) in [5.74, 6) is 1.54. The molecule has 170 valence electrons.